The van der Waals surface area contributed by atoms with Gasteiger partial charge in [-0.05, 0) is 82.9 Å². The van der Waals surface area contributed by atoms with Crippen LogP contribution in [-0.2, 0) is 14.8 Å². The normalized spacial score (nSPS) is 21.6. The lowest BCUT2D eigenvalue weighted by Gasteiger charge is -2.37. The molecule has 0 radical (unpaired) electrons. The minimum atomic E-state index is -3.37. The lowest BCUT2D eigenvalue weighted by Crippen LogP contribution is -2.46. The molecular weight excluding hydrogens is 460 g/mol. The van der Waals surface area contributed by atoms with Crippen molar-refractivity contribution < 1.29 is 13.2 Å². The molecule has 0 spiro atoms. The van der Waals surface area contributed by atoms with Crippen LogP contribution >= 0.6 is 0 Å². The van der Waals surface area contributed by atoms with Crippen LogP contribution in [0.2, 0.25) is 0 Å². The fourth-order valence-corrected chi connectivity index (χ4v) is 5.76. The molecule has 2 aromatic rings. The van der Waals surface area contributed by atoms with Crippen molar-refractivity contribution >= 4 is 33.0 Å². The molecule has 1 saturated heterocycles. The van der Waals surface area contributed by atoms with E-state index in [9.17, 15) is 13.2 Å². The lowest BCUT2D eigenvalue weighted by molar-refractivity contribution is -0.120. The highest BCUT2D eigenvalue weighted by atomic mass is 32.2. The highest BCUT2D eigenvalue weighted by molar-refractivity contribution is 7.90. The van der Waals surface area contributed by atoms with Crippen LogP contribution in [-0.4, -0.2) is 51.3 Å². The van der Waals surface area contributed by atoms with Crippen LogP contribution in [0.15, 0.2) is 54.6 Å². The zero-order valence-corrected chi connectivity index (χ0v) is 21.9. The first-order chi connectivity index (χ1) is 16.6. The summed E-state index contributed by atoms with van der Waals surface area (Å²) < 4.78 is 26.8. The zero-order valence-electron chi connectivity index (χ0n) is 21.0. The van der Waals surface area contributed by atoms with Gasteiger partial charge in [-0.1, -0.05) is 18.2 Å². The Labute approximate surface area is 209 Å². The third-order valence-corrected chi connectivity index (χ3v) is 9.38. The molecule has 0 bridgehead atoms. The second kappa shape index (κ2) is 10.6. The second-order valence-electron chi connectivity index (χ2n) is 10.6. The van der Waals surface area contributed by atoms with Gasteiger partial charge in [-0.15, -0.1) is 0 Å². The van der Waals surface area contributed by atoms with E-state index in [1.165, 1.54) is 11.4 Å². The Morgan fingerprint density at radius 3 is 1.83 bits per heavy atom. The Balaban J connectivity index is 1.24. The summed E-state index contributed by atoms with van der Waals surface area (Å²) in [5, 5.41) is 3.05. The van der Waals surface area contributed by atoms with Crippen LogP contribution in [0.4, 0.5) is 17.1 Å². The predicted octanol–water partition coefficient (Wildman–Crippen LogP) is 4.23. The van der Waals surface area contributed by atoms with E-state index in [-0.39, 0.29) is 17.9 Å². The van der Waals surface area contributed by atoms with E-state index in [1.54, 1.807) is 20.8 Å². The van der Waals surface area contributed by atoms with Gasteiger partial charge in [-0.2, -0.15) is 0 Å². The predicted molar refractivity (Wildman–Crippen MR) is 143 cm³/mol. The molecule has 190 valence electrons. The number of anilines is 3. The van der Waals surface area contributed by atoms with Gasteiger partial charge in [-0.25, -0.2) is 13.1 Å². The van der Waals surface area contributed by atoms with Crippen molar-refractivity contribution in [3.63, 3.8) is 0 Å². The summed E-state index contributed by atoms with van der Waals surface area (Å²) in [6.45, 7) is 8.98. The number of nitrogens with one attached hydrogen (secondary N) is 2. The summed E-state index contributed by atoms with van der Waals surface area (Å²) in [6, 6.07) is 18.5. The molecule has 7 nitrogen and oxygen atoms in total. The van der Waals surface area contributed by atoms with Crippen LogP contribution in [0.3, 0.4) is 0 Å². The fraction of sp³-hybridized carbons (Fsp3) is 0.519. The van der Waals surface area contributed by atoms with Crippen molar-refractivity contribution in [2.75, 3.05) is 41.3 Å². The molecule has 2 aliphatic rings. The van der Waals surface area contributed by atoms with Crippen molar-refractivity contribution in [3.8, 4) is 0 Å². The van der Waals surface area contributed by atoms with Crippen molar-refractivity contribution in [3.05, 3.63) is 54.6 Å². The van der Waals surface area contributed by atoms with E-state index >= 15 is 0 Å². The summed E-state index contributed by atoms with van der Waals surface area (Å²) >= 11 is 0. The van der Waals surface area contributed by atoms with E-state index in [0.717, 1.165) is 31.9 Å². The van der Waals surface area contributed by atoms with Crippen molar-refractivity contribution in [1.29, 1.82) is 0 Å². The number of sulfonamides is 1. The number of piperazine rings is 1. The molecule has 1 saturated carbocycles. The average molecular weight is 499 g/mol. The van der Waals surface area contributed by atoms with Gasteiger partial charge in [0.1, 0.15) is 0 Å². The van der Waals surface area contributed by atoms with Gasteiger partial charge in [0, 0.05) is 55.2 Å². The fourth-order valence-electron chi connectivity index (χ4n) is 4.73. The topological polar surface area (TPSA) is 81.7 Å². The first kappa shape index (κ1) is 25.5. The van der Waals surface area contributed by atoms with E-state index in [4.69, 9.17) is 0 Å². The quantitative estimate of drug-likeness (QED) is 0.623. The van der Waals surface area contributed by atoms with Crippen LogP contribution in [0.25, 0.3) is 0 Å². The number of rotatable bonds is 6. The van der Waals surface area contributed by atoms with Crippen LogP contribution in [0.5, 0.6) is 0 Å². The van der Waals surface area contributed by atoms with E-state index < -0.39 is 14.8 Å². The average Bonchev–Trinajstić information content (AvgIpc) is 2.85. The number of hydrogen-bond donors (Lipinski definition) is 2. The maximum Gasteiger partial charge on any atom is 0.227 e. The molecule has 2 aromatic carbocycles. The van der Waals surface area contributed by atoms with Gasteiger partial charge >= 0.3 is 0 Å². The van der Waals surface area contributed by atoms with Crippen LogP contribution in [0, 0.1) is 5.92 Å². The van der Waals surface area contributed by atoms with Crippen LogP contribution < -0.4 is 19.8 Å². The van der Waals surface area contributed by atoms with Gasteiger partial charge in [0.25, 0.3) is 0 Å². The van der Waals surface area contributed by atoms with Gasteiger partial charge in [0.15, 0.2) is 0 Å². The standard InChI is InChI=1S/C27H38N4O3S/c1-27(2,3)35(33,34)29-23-11-9-21(10-12-23)26(32)28-22-13-15-25(16-14-22)31-19-17-30(18-20-31)24-7-5-4-6-8-24/h4-8,13-16,21,23,29H,9-12,17-20H2,1-3H3,(H,28,32). The van der Waals surface area contributed by atoms with E-state index in [1.807, 2.05) is 18.2 Å². The Hall–Kier alpha value is -2.58. The Bertz CT molecular complexity index is 1080. The first-order valence-corrected chi connectivity index (χ1v) is 14.1. The molecular formula is C27H38N4O3S. The smallest absolute Gasteiger partial charge is 0.227 e. The maximum atomic E-state index is 12.8. The third kappa shape index (κ3) is 6.35. The molecule has 2 N–H and O–H groups in total. The Morgan fingerprint density at radius 2 is 1.31 bits per heavy atom. The molecule has 0 aromatic heterocycles. The Kier molecular flexibility index (Phi) is 7.71. The van der Waals surface area contributed by atoms with Gasteiger partial charge in [0.05, 0.1) is 4.75 Å². The second-order valence-corrected chi connectivity index (χ2v) is 13.1. The van der Waals surface area contributed by atoms with Crippen LogP contribution in [0.1, 0.15) is 46.5 Å². The molecule has 35 heavy (non-hydrogen) atoms. The largest absolute Gasteiger partial charge is 0.368 e. The molecule has 1 heterocycles. The first-order valence-electron chi connectivity index (χ1n) is 12.6. The molecule has 1 aliphatic heterocycles. The van der Waals surface area contributed by atoms with E-state index in [2.05, 4.69) is 56.2 Å². The molecule has 4 rings (SSSR count). The summed E-state index contributed by atoms with van der Waals surface area (Å²) in [7, 11) is -3.37. The van der Waals surface area contributed by atoms with Crippen molar-refractivity contribution in [2.45, 2.75) is 57.2 Å². The summed E-state index contributed by atoms with van der Waals surface area (Å²) in [5.74, 6) is -0.0671. The van der Waals surface area contributed by atoms with Crippen molar-refractivity contribution in [1.82, 2.24) is 4.72 Å². The SMILES string of the molecule is CC(C)(C)S(=O)(=O)NC1CCC(C(=O)Nc2ccc(N3CCN(c4ccccc4)CC3)cc2)CC1. The molecule has 0 atom stereocenters. The van der Waals surface area contributed by atoms with Gasteiger partial charge in [0.2, 0.25) is 15.9 Å². The van der Waals surface area contributed by atoms with Gasteiger partial charge in [-0.3, -0.25) is 4.79 Å². The van der Waals surface area contributed by atoms with E-state index in [0.29, 0.717) is 25.7 Å². The maximum absolute atomic E-state index is 12.8. The number of amides is 1. The molecule has 0 unspecified atom stereocenters. The minimum Gasteiger partial charge on any atom is -0.368 e. The number of para-hydroxylation sites is 1. The third-order valence-electron chi connectivity index (χ3n) is 7.13. The number of nitrogens with zero attached hydrogens (tertiary/aromatic N) is 2. The number of benzene rings is 2. The zero-order chi connectivity index (χ0) is 25.1. The summed E-state index contributed by atoms with van der Waals surface area (Å²) in [5.41, 5.74) is 3.24. The molecule has 1 amide bonds. The summed E-state index contributed by atoms with van der Waals surface area (Å²) in [4.78, 5) is 17.6. The minimum absolute atomic E-state index is 0.0198. The monoisotopic (exact) mass is 498 g/mol. The number of carbonyl (C=O) groups is 1. The molecule has 8 heteroatoms. The molecule has 2 fully saturated rings. The number of carbonyl (C=O) groups excluding carboxylic acids is 1. The lowest BCUT2D eigenvalue weighted by atomic mass is 9.86. The Morgan fingerprint density at radius 1 is 0.800 bits per heavy atom. The summed E-state index contributed by atoms with van der Waals surface area (Å²) in [6.07, 6.45) is 2.74. The highest BCUT2D eigenvalue weighted by Crippen LogP contribution is 2.28. The number of hydrogen-bond acceptors (Lipinski definition) is 5. The van der Waals surface area contributed by atoms with Gasteiger partial charge < -0.3 is 15.1 Å². The van der Waals surface area contributed by atoms with Crippen molar-refractivity contribution in [2.24, 2.45) is 5.92 Å². The highest BCUT2D eigenvalue weighted by Gasteiger charge is 2.34. The molecule has 1 aliphatic carbocycles.